The smallest absolute Gasteiger partial charge is 0.378 e. The number of ether oxygens (including phenoxy) is 1. The molecule has 2 aliphatic heterocycles. The number of imidazole rings is 1. The summed E-state index contributed by atoms with van der Waals surface area (Å²) in [5, 5.41) is 3.38. The van der Waals surface area contributed by atoms with Crippen LogP contribution in [0.25, 0.3) is 11.2 Å². The number of rotatable bonds is 4. The van der Waals surface area contributed by atoms with Crippen molar-refractivity contribution < 1.29 is 17.9 Å². The molecular weight excluding hydrogens is 375 g/mol. The summed E-state index contributed by atoms with van der Waals surface area (Å²) in [7, 11) is 0. The number of nitrogens with one attached hydrogen (secondary N) is 1. The van der Waals surface area contributed by atoms with Gasteiger partial charge in [-0.2, -0.15) is 13.2 Å². The minimum atomic E-state index is -4.37. The van der Waals surface area contributed by atoms with Gasteiger partial charge in [-0.1, -0.05) is 6.92 Å². The molecule has 0 aromatic carbocycles. The van der Waals surface area contributed by atoms with Crippen LogP contribution in [0.5, 0.6) is 0 Å². The minimum Gasteiger partial charge on any atom is -0.378 e. The van der Waals surface area contributed by atoms with E-state index in [0.29, 0.717) is 63.2 Å². The Morgan fingerprint density at radius 3 is 2.68 bits per heavy atom. The summed E-state index contributed by atoms with van der Waals surface area (Å²) in [5.41, 5.74) is 0.630. The molecule has 2 aromatic heterocycles. The van der Waals surface area contributed by atoms with E-state index in [1.165, 1.54) is 10.9 Å². The Morgan fingerprint density at radius 1 is 1.18 bits per heavy atom. The monoisotopic (exact) mass is 399 g/mol. The van der Waals surface area contributed by atoms with Crippen LogP contribution in [0.4, 0.5) is 24.9 Å². The lowest BCUT2D eigenvalue weighted by Gasteiger charge is -2.34. The van der Waals surface area contributed by atoms with Crippen molar-refractivity contribution in [3.05, 3.63) is 6.33 Å². The molecule has 154 valence electrons. The van der Waals surface area contributed by atoms with Gasteiger partial charge in [0, 0.05) is 38.8 Å². The Balaban J connectivity index is 1.79. The van der Waals surface area contributed by atoms with Gasteiger partial charge in [0.1, 0.15) is 12.9 Å². The van der Waals surface area contributed by atoms with Crippen molar-refractivity contribution in [1.82, 2.24) is 24.8 Å². The molecule has 2 aliphatic rings. The van der Waals surface area contributed by atoms with Gasteiger partial charge in [0.2, 0.25) is 5.95 Å². The normalized spacial score (nSPS) is 21.5. The number of hydrogen-bond acceptors (Lipinski definition) is 7. The van der Waals surface area contributed by atoms with E-state index >= 15 is 0 Å². The Kier molecular flexibility index (Phi) is 5.28. The molecule has 28 heavy (non-hydrogen) atoms. The molecule has 8 nitrogen and oxygen atoms in total. The van der Waals surface area contributed by atoms with E-state index in [0.717, 1.165) is 6.42 Å². The molecule has 0 spiro atoms. The van der Waals surface area contributed by atoms with E-state index in [9.17, 15) is 13.2 Å². The fourth-order valence-electron chi connectivity index (χ4n) is 3.77. The molecule has 2 aromatic rings. The average molecular weight is 399 g/mol. The molecule has 0 aliphatic carbocycles. The Morgan fingerprint density at radius 2 is 1.96 bits per heavy atom. The SMILES string of the molecule is CC[C@H]1CN(c2nc3c(N4CCOCC4)ncnc3n2CC(F)(F)F)CCN1. The summed E-state index contributed by atoms with van der Waals surface area (Å²) in [6.07, 6.45) is -2.16. The average Bonchev–Trinajstić information content (AvgIpc) is 3.05. The maximum atomic E-state index is 13.3. The third kappa shape index (κ3) is 3.86. The number of aromatic nitrogens is 4. The molecule has 2 saturated heterocycles. The topological polar surface area (TPSA) is 71.3 Å². The lowest BCUT2D eigenvalue weighted by Crippen LogP contribution is -2.51. The Labute approximate surface area is 160 Å². The second kappa shape index (κ2) is 7.70. The Bertz CT molecular complexity index is 819. The summed E-state index contributed by atoms with van der Waals surface area (Å²) in [6, 6.07) is 0.220. The fourth-order valence-corrected chi connectivity index (χ4v) is 3.77. The largest absolute Gasteiger partial charge is 0.406 e. The van der Waals surface area contributed by atoms with Crippen LogP contribution in [0.2, 0.25) is 0 Å². The molecule has 4 heterocycles. The van der Waals surface area contributed by atoms with Crippen LogP contribution >= 0.6 is 0 Å². The first kappa shape index (κ1) is 19.2. The zero-order chi connectivity index (χ0) is 19.7. The van der Waals surface area contributed by atoms with E-state index in [1.54, 1.807) is 0 Å². The van der Waals surface area contributed by atoms with Crippen LogP contribution < -0.4 is 15.1 Å². The van der Waals surface area contributed by atoms with Crippen LogP contribution in [0.15, 0.2) is 6.33 Å². The molecule has 4 rings (SSSR count). The first-order chi connectivity index (χ1) is 13.5. The number of hydrogen-bond donors (Lipinski definition) is 1. The van der Waals surface area contributed by atoms with Crippen LogP contribution in [0.1, 0.15) is 13.3 Å². The molecule has 1 atom stereocenters. The van der Waals surface area contributed by atoms with Gasteiger partial charge in [0.15, 0.2) is 17.0 Å². The lowest BCUT2D eigenvalue weighted by atomic mass is 10.2. The molecule has 11 heteroatoms. The van der Waals surface area contributed by atoms with Crippen LogP contribution in [-0.2, 0) is 11.3 Å². The number of piperazine rings is 1. The Hall–Kier alpha value is -2.14. The van der Waals surface area contributed by atoms with E-state index in [-0.39, 0.29) is 11.7 Å². The van der Waals surface area contributed by atoms with Crippen LogP contribution in [-0.4, -0.2) is 77.7 Å². The second-order valence-electron chi connectivity index (χ2n) is 7.09. The van der Waals surface area contributed by atoms with Gasteiger partial charge < -0.3 is 19.9 Å². The van der Waals surface area contributed by atoms with Gasteiger partial charge in [-0.15, -0.1) is 0 Å². The first-order valence-electron chi connectivity index (χ1n) is 9.55. The highest BCUT2D eigenvalue weighted by molar-refractivity contribution is 5.86. The molecule has 0 amide bonds. The summed E-state index contributed by atoms with van der Waals surface area (Å²) >= 11 is 0. The fraction of sp³-hybridized carbons (Fsp3) is 0.706. The van der Waals surface area contributed by atoms with Crippen LogP contribution in [0, 0.1) is 0 Å². The molecular formula is C17H24F3N7O. The highest BCUT2D eigenvalue weighted by Crippen LogP contribution is 2.31. The lowest BCUT2D eigenvalue weighted by molar-refractivity contribution is -0.139. The van der Waals surface area contributed by atoms with Gasteiger partial charge in [-0.25, -0.2) is 15.0 Å². The van der Waals surface area contributed by atoms with E-state index in [1.807, 2.05) is 9.80 Å². The van der Waals surface area contributed by atoms with Crippen molar-refractivity contribution in [3.63, 3.8) is 0 Å². The van der Waals surface area contributed by atoms with Gasteiger partial charge in [0.05, 0.1) is 13.2 Å². The third-order valence-corrected chi connectivity index (χ3v) is 5.17. The summed E-state index contributed by atoms with van der Waals surface area (Å²) in [5.74, 6) is 0.875. The summed E-state index contributed by atoms with van der Waals surface area (Å²) < 4.78 is 46.6. The van der Waals surface area contributed by atoms with Crippen LogP contribution in [0.3, 0.4) is 0 Å². The zero-order valence-corrected chi connectivity index (χ0v) is 15.7. The quantitative estimate of drug-likeness (QED) is 0.834. The molecule has 0 bridgehead atoms. The molecule has 1 N–H and O–H groups in total. The van der Waals surface area contributed by atoms with Gasteiger partial charge in [0.25, 0.3) is 0 Å². The van der Waals surface area contributed by atoms with Crippen molar-refractivity contribution >= 4 is 22.9 Å². The molecule has 2 fully saturated rings. The number of halogens is 3. The van der Waals surface area contributed by atoms with Crippen molar-refractivity contribution in [2.45, 2.75) is 32.1 Å². The molecule has 0 unspecified atom stereocenters. The van der Waals surface area contributed by atoms with Crippen molar-refractivity contribution in [2.75, 3.05) is 55.7 Å². The van der Waals surface area contributed by atoms with Crippen molar-refractivity contribution in [3.8, 4) is 0 Å². The number of fused-ring (bicyclic) bond motifs is 1. The second-order valence-corrected chi connectivity index (χ2v) is 7.09. The predicted octanol–water partition coefficient (Wildman–Crippen LogP) is 1.41. The predicted molar refractivity (Wildman–Crippen MR) is 98.7 cm³/mol. The van der Waals surface area contributed by atoms with Crippen molar-refractivity contribution in [1.29, 1.82) is 0 Å². The molecule has 0 radical (unpaired) electrons. The number of alkyl halides is 3. The summed E-state index contributed by atoms with van der Waals surface area (Å²) in [4.78, 5) is 17.0. The van der Waals surface area contributed by atoms with Crippen molar-refractivity contribution in [2.24, 2.45) is 0 Å². The number of morpholine rings is 1. The van der Waals surface area contributed by atoms with E-state index < -0.39 is 12.7 Å². The maximum Gasteiger partial charge on any atom is 0.406 e. The first-order valence-corrected chi connectivity index (χ1v) is 9.55. The van der Waals surface area contributed by atoms with E-state index in [4.69, 9.17) is 4.74 Å². The maximum absolute atomic E-state index is 13.3. The standard InChI is InChI=1S/C17H24F3N7O/c1-2-12-9-26(4-3-21-12)16-24-13-14(25-5-7-28-8-6-25)22-11-23-15(13)27(16)10-17(18,19)20/h11-12,21H,2-10H2,1H3/t12-/m0/s1. The third-order valence-electron chi connectivity index (χ3n) is 5.17. The van der Waals surface area contributed by atoms with E-state index in [2.05, 4.69) is 27.2 Å². The zero-order valence-electron chi connectivity index (χ0n) is 15.7. The highest BCUT2D eigenvalue weighted by atomic mass is 19.4. The summed E-state index contributed by atoms with van der Waals surface area (Å²) in [6.45, 7) is 5.19. The van der Waals surface area contributed by atoms with Gasteiger partial charge >= 0.3 is 6.18 Å². The van der Waals surface area contributed by atoms with Gasteiger partial charge in [-0.3, -0.25) is 4.57 Å². The van der Waals surface area contributed by atoms with Gasteiger partial charge in [-0.05, 0) is 6.42 Å². The molecule has 0 saturated carbocycles. The highest BCUT2D eigenvalue weighted by Gasteiger charge is 2.34. The number of anilines is 2. The number of nitrogens with zero attached hydrogens (tertiary/aromatic N) is 6. The minimum absolute atomic E-state index is 0.218.